The smallest absolute Gasteiger partial charge is 0.296 e. The van der Waals surface area contributed by atoms with Crippen LogP contribution in [0.25, 0.3) is 0 Å². The molecule has 2 rings (SSSR count). The van der Waals surface area contributed by atoms with Crippen molar-refractivity contribution >= 4 is 21.6 Å². The Balaban J connectivity index is 2.01. The first-order valence-electron chi connectivity index (χ1n) is 6.24. The van der Waals surface area contributed by atoms with Gasteiger partial charge in [-0.3, -0.25) is 4.72 Å². The van der Waals surface area contributed by atoms with Gasteiger partial charge < -0.3 is 10.1 Å². The molecule has 0 aliphatic heterocycles. The Labute approximate surface area is 124 Å². The fourth-order valence-corrected chi connectivity index (χ4v) is 2.26. The molecular weight excluding hydrogens is 290 g/mol. The summed E-state index contributed by atoms with van der Waals surface area (Å²) in [6, 6.07) is 14.6. The molecule has 0 aromatic heterocycles. The topological polar surface area (TPSA) is 93.4 Å². The van der Waals surface area contributed by atoms with Crippen molar-refractivity contribution in [2.24, 2.45) is 5.14 Å². The van der Waals surface area contributed by atoms with E-state index >= 15 is 0 Å². The fraction of sp³-hybridized carbons (Fsp3) is 0.143. The molecule has 0 heterocycles. The lowest BCUT2D eigenvalue weighted by molar-refractivity contribution is 0.414. The van der Waals surface area contributed by atoms with E-state index in [9.17, 15) is 8.42 Å². The highest BCUT2D eigenvalue weighted by atomic mass is 32.2. The van der Waals surface area contributed by atoms with Crippen LogP contribution in [0, 0.1) is 0 Å². The third-order valence-electron chi connectivity index (χ3n) is 2.78. The van der Waals surface area contributed by atoms with Crippen LogP contribution in [-0.2, 0) is 16.8 Å². The number of anilines is 2. The van der Waals surface area contributed by atoms with Gasteiger partial charge in [-0.25, -0.2) is 5.14 Å². The Kier molecular flexibility index (Phi) is 4.66. The summed E-state index contributed by atoms with van der Waals surface area (Å²) in [4.78, 5) is 0. The molecule has 7 heteroatoms. The van der Waals surface area contributed by atoms with E-state index in [1.165, 1.54) is 0 Å². The van der Waals surface area contributed by atoms with Gasteiger partial charge in [-0.1, -0.05) is 18.2 Å². The van der Waals surface area contributed by atoms with Crippen molar-refractivity contribution in [3.8, 4) is 5.75 Å². The van der Waals surface area contributed by atoms with Gasteiger partial charge in [-0.15, -0.1) is 0 Å². The average molecular weight is 307 g/mol. The second kappa shape index (κ2) is 6.47. The second-order valence-electron chi connectivity index (χ2n) is 4.43. The number of ether oxygens (including phenoxy) is 1. The molecule has 21 heavy (non-hydrogen) atoms. The molecule has 2 aromatic rings. The van der Waals surface area contributed by atoms with Crippen molar-refractivity contribution in [2.45, 2.75) is 6.54 Å². The largest absolute Gasteiger partial charge is 0.497 e. The van der Waals surface area contributed by atoms with E-state index in [1.807, 2.05) is 30.3 Å². The third-order valence-corrected chi connectivity index (χ3v) is 3.30. The molecule has 0 bridgehead atoms. The van der Waals surface area contributed by atoms with Crippen LogP contribution in [0.2, 0.25) is 0 Å². The highest BCUT2D eigenvalue weighted by Crippen LogP contribution is 2.17. The van der Waals surface area contributed by atoms with E-state index in [2.05, 4.69) is 10.0 Å². The van der Waals surface area contributed by atoms with Gasteiger partial charge in [0.1, 0.15) is 5.75 Å². The van der Waals surface area contributed by atoms with Gasteiger partial charge in [0.2, 0.25) is 0 Å². The molecule has 0 aliphatic rings. The summed E-state index contributed by atoms with van der Waals surface area (Å²) in [6.07, 6.45) is 0. The van der Waals surface area contributed by atoms with Gasteiger partial charge in [0.05, 0.1) is 12.8 Å². The minimum Gasteiger partial charge on any atom is -0.497 e. The SMILES string of the molecule is COc1ccc(CNc2cccc(NS(N)(=O)=O)c2)cc1. The summed E-state index contributed by atoms with van der Waals surface area (Å²) in [7, 11) is -2.14. The van der Waals surface area contributed by atoms with Gasteiger partial charge in [0, 0.05) is 12.2 Å². The first-order valence-corrected chi connectivity index (χ1v) is 7.78. The summed E-state index contributed by atoms with van der Waals surface area (Å²) in [5.41, 5.74) is 2.29. The van der Waals surface area contributed by atoms with E-state index < -0.39 is 10.2 Å². The lowest BCUT2D eigenvalue weighted by atomic mass is 10.2. The normalized spacial score (nSPS) is 11.0. The summed E-state index contributed by atoms with van der Waals surface area (Å²) >= 11 is 0. The Hall–Kier alpha value is -2.25. The van der Waals surface area contributed by atoms with Crippen molar-refractivity contribution in [3.63, 3.8) is 0 Å². The minimum atomic E-state index is -3.76. The van der Waals surface area contributed by atoms with Gasteiger partial charge in [0.15, 0.2) is 0 Å². The molecule has 0 amide bonds. The number of nitrogens with one attached hydrogen (secondary N) is 2. The second-order valence-corrected chi connectivity index (χ2v) is 5.72. The third kappa shape index (κ3) is 4.97. The Morgan fingerprint density at radius 2 is 1.76 bits per heavy atom. The monoisotopic (exact) mass is 307 g/mol. The maximum absolute atomic E-state index is 11.0. The summed E-state index contributed by atoms with van der Waals surface area (Å²) < 4.78 is 29.3. The van der Waals surface area contributed by atoms with E-state index in [-0.39, 0.29) is 0 Å². The number of benzene rings is 2. The minimum absolute atomic E-state index is 0.414. The quantitative estimate of drug-likeness (QED) is 0.760. The highest BCUT2D eigenvalue weighted by Gasteiger charge is 2.03. The van der Waals surface area contributed by atoms with Crippen LogP contribution < -0.4 is 19.9 Å². The van der Waals surface area contributed by atoms with Crippen molar-refractivity contribution in [3.05, 3.63) is 54.1 Å². The Morgan fingerprint density at radius 3 is 2.38 bits per heavy atom. The van der Waals surface area contributed by atoms with Crippen molar-refractivity contribution in [2.75, 3.05) is 17.1 Å². The first-order chi connectivity index (χ1) is 9.96. The van der Waals surface area contributed by atoms with E-state index in [0.717, 1.165) is 17.0 Å². The number of methoxy groups -OCH3 is 1. The highest BCUT2D eigenvalue weighted by molar-refractivity contribution is 7.90. The summed E-state index contributed by atoms with van der Waals surface area (Å²) in [6.45, 7) is 0.614. The first kappa shape index (κ1) is 15.1. The standard InChI is InChI=1S/C14H17N3O3S/c1-20-14-7-5-11(6-8-14)10-16-12-3-2-4-13(9-12)17-21(15,18)19/h2-9,16-17H,10H2,1H3,(H2,15,18,19). The van der Waals surface area contributed by atoms with Crippen LogP contribution in [-0.4, -0.2) is 15.5 Å². The average Bonchev–Trinajstić information content (AvgIpc) is 2.44. The van der Waals surface area contributed by atoms with Gasteiger partial charge in [-0.2, -0.15) is 8.42 Å². The fourth-order valence-electron chi connectivity index (χ4n) is 1.80. The molecule has 6 nitrogen and oxygen atoms in total. The van der Waals surface area contributed by atoms with Crippen LogP contribution in [0.15, 0.2) is 48.5 Å². The lowest BCUT2D eigenvalue weighted by Gasteiger charge is -2.09. The maximum atomic E-state index is 11.0. The van der Waals surface area contributed by atoms with Crippen LogP contribution >= 0.6 is 0 Å². The van der Waals surface area contributed by atoms with Gasteiger partial charge >= 0.3 is 0 Å². The number of rotatable bonds is 6. The molecule has 0 spiro atoms. The van der Waals surface area contributed by atoms with Crippen LogP contribution in [0.4, 0.5) is 11.4 Å². The zero-order valence-electron chi connectivity index (χ0n) is 11.5. The number of nitrogens with two attached hydrogens (primary N) is 1. The van der Waals surface area contributed by atoms with E-state index in [4.69, 9.17) is 9.88 Å². The van der Waals surface area contributed by atoms with Crippen molar-refractivity contribution in [1.82, 2.24) is 0 Å². The maximum Gasteiger partial charge on any atom is 0.296 e. The van der Waals surface area contributed by atoms with Crippen molar-refractivity contribution in [1.29, 1.82) is 0 Å². The predicted molar refractivity (Wildman–Crippen MR) is 83.5 cm³/mol. The lowest BCUT2D eigenvalue weighted by Crippen LogP contribution is -2.21. The predicted octanol–water partition coefficient (Wildman–Crippen LogP) is 1.92. The molecule has 112 valence electrons. The zero-order valence-corrected chi connectivity index (χ0v) is 12.4. The van der Waals surface area contributed by atoms with Crippen LogP contribution in [0.5, 0.6) is 5.75 Å². The molecule has 2 aromatic carbocycles. The number of hydrogen-bond donors (Lipinski definition) is 3. The zero-order chi connectivity index (χ0) is 15.3. The summed E-state index contributed by atoms with van der Waals surface area (Å²) in [5, 5.41) is 8.15. The Morgan fingerprint density at radius 1 is 1.10 bits per heavy atom. The van der Waals surface area contributed by atoms with E-state index in [0.29, 0.717) is 12.2 Å². The molecule has 0 unspecified atom stereocenters. The van der Waals surface area contributed by atoms with Gasteiger partial charge in [0.25, 0.3) is 10.2 Å². The molecule has 4 N–H and O–H groups in total. The summed E-state index contributed by atoms with van der Waals surface area (Å²) in [5.74, 6) is 0.804. The van der Waals surface area contributed by atoms with Crippen LogP contribution in [0.3, 0.4) is 0 Å². The molecule has 0 fully saturated rings. The van der Waals surface area contributed by atoms with Crippen LogP contribution in [0.1, 0.15) is 5.56 Å². The van der Waals surface area contributed by atoms with E-state index in [1.54, 1.807) is 25.3 Å². The molecule has 0 atom stereocenters. The Bertz CT molecular complexity index is 700. The number of hydrogen-bond acceptors (Lipinski definition) is 4. The van der Waals surface area contributed by atoms with Gasteiger partial charge in [-0.05, 0) is 35.9 Å². The molecule has 0 saturated heterocycles. The molecule has 0 saturated carbocycles. The van der Waals surface area contributed by atoms with Crippen molar-refractivity contribution < 1.29 is 13.2 Å². The molecule has 0 aliphatic carbocycles. The molecular formula is C14H17N3O3S. The molecule has 0 radical (unpaired) electrons.